The van der Waals surface area contributed by atoms with Crippen molar-refractivity contribution in [3.05, 3.63) is 23.8 Å². The molecule has 0 aromatic rings. The van der Waals surface area contributed by atoms with Crippen LogP contribution in [0.3, 0.4) is 0 Å². The van der Waals surface area contributed by atoms with Crippen molar-refractivity contribution in [3.8, 4) is 0 Å². The Bertz CT molecular complexity index is 471. The molecule has 8 heteroatoms. The van der Waals surface area contributed by atoms with E-state index < -0.39 is 9.17 Å². The average molecular weight is 413 g/mol. The molecule has 0 aliphatic heterocycles. The van der Waals surface area contributed by atoms with Gasteiger partial charge in [0.1, 0.15) is 0 Å². The third kappa shape index (κ3) is 25.5. The summed E-state index contributed by atoms with van der Waals surface area (Å²) < 4.78 is 19.3. The monoisotopic (exact) mass is 412 g/mol. The molecule has 0 rings (SSSR count). The molecule has 1 atom stereocenters. The molecule has 0 saturated heterocycles. The van der Waals surface area contributed by atoms with Gasteiger partial charge in [-0.3, -0.25) is 4.46 Å². The summed E-state index contributed by atoms with van der Waals surface area (Å²) in [5, 5.41) is 0. The summed E-state index contributed by atoms with van der Waals surface area (Å²) in [5.74, 6) is 0.367. The molecule has 0 radical (unpaired) electrons. The van der Waals surface area contributed by atoms with E-state index in [1.54, 1.807) is 13.2 Å². The van der Waals surface area contributed by atoms with Crippen LogP contribution in [0.4, 0.5) is 0 Å². The van der Waals surface area contributed by atoms with Crippen molar-refractivity contribution < 1.29 is 28.3 Å². The first kappa shape index (κ1) is 31.2. The van der Waals surface area contributed by atoms with Crippen molar-refractivity contribution in [2.24, 2.45) is 5.92 Å². The van der Waals surface area contributed by atoms with Crippen molar-refractivity contribution in [1.82, 2.24) is 0 Å². The first-order chi connectivity index (χ1) is 11.9. The summed E-state index contributed by atoms with van der Waals surface area (Å²) in [6, 6.07) is 0. The molecule has 0 aliphatic carbocycles. The number of methoxy groups -OCH3 is 1. The van der Waals surface area contributed by atoms with Gasteiger partial charge in [-0.25, -0.2) is 4.79 Å². The average Bonchev–Trinajstić information content (AvgIpc) is 2.45. The van der Waals surface area contributed by atoms with Crippen LogP contribution in [0.15, 0.2) is 23.8 Å². The summed E-state index contributed by atoms with van der Waals surface area (Å²) in [6.45, 7) is 12.1. The zero-order valence-electron chi connectivity index (χ0n) is 17.2. The van der Waals surface area contributed by atoms with Gasteiger partial charge in [0.05, 0.1) is 11.7 Å². The second-order valence-electron chi connectivity index (χ2n) is 7.26. The molecule has 0 aromatic heterocycles. The second-order valence-corrected chi connectivity index (χ2v) is 7.82. The maximum atomic E-state index is 11.5. The molecule has 0 bridgehead atoms. The van der Waals surface area contributed by atoms with Crippen molar-refractivity contribution in [2.45, 2.75) is 78.9 Å². The van der Waals surface area contributed by atoms with Crippen molar-refractivity contribution in [2.75, 3.05) is 7.11 Å². The number of hydrogen-bond donors (Lipinski definition) is 2. The summed E-state index contributed by atoms with van der Waals surface area (Å²) in [7, 11) is -1.36. The predicted octanol–water partition coefficient (Wildman–Crippen LogP) is 2.80. The molecule has 0 aromatic carbocycles. The van der Waals surface area contributed by atoms with Crippen LogP contribution in [0.2, 0.25) is 0 Å². The van der Waals surface area contributed by atoms with Gasteiger partial charge in [-0.1, -0.05) is 31.9 Å². The Labute approximate surface area is 188 Å². The van der Waals surface area contributed by atoms with E-state index in [1.807, 2.05) is 26.8 Å². The van der Waals surface area contributed by atoms with Crippen LogP contribution >= 0.6 is 0 Å². The Balaban J connectivity index is -0.00000104. The van der Waals surface area contributed by atoms with Gasteiger partial charge < -0.3 is 19.1 Å². The van der Waals surface area contributed by atoms with Gasteiger partial charge in [0.25, 0.3) is 0 Å². The molecule has 0 amide bonds. The fourth-order valence-electron chi connectivity index (χ4n) is 2.08. The number of hydrogen-bond acceptors (Lipinski definition) is 4. The minimum absolute atomic E-state index is 0. The van der Waals surface area contributed by atoms with Gasteiger partial charge in [-0.2, -0.15) is 0 Å². The quantitative estimate of drug-likeness (QED) is 0.248. The molecular weight excluding hydrogens is 375 g/mol. The van der Waals surface area contributed by atoms with E-state index in [-0.39, 0.29) is 47.2 Å². The molecule has 0 saturated carbocycles. The molecule has 2 N–H and O–H groups in total. The Morgan fingerprint density at radius 3 is 2.19 bits per heavy atom. The first-order valence-corrected chi connectivity index (χ1v) is 10.2. The molecule has 154 valence electrons. The molecule has 0 heterocycles. The van der Waals surface area contributed by atoms with Crippen LogP contribution in [0.5, 0.6) is 0 Å². The number of ether oxygens (including phenoxy) is 2. The van der Waals surface area contributed by atoms with Gasteiger partial charge in [0, 0.05) is 13.2 Å². The fourth-order valence-corrected chi connectivity index (χ4v) is 2.08. The number of carbonyl (C=O) groups excluding carboxylic acids is 1. The number of rotatable bonds is 10. The van der Waals surface area contributed by atoms with E-state index in [9.17, 15) is 4.79 Å². The molecule has 0 fully saturated rings. The second kappa shape index (κ2) is 17.6. The zero-order chi connectivity index (χ0) is 20.8. The van der Waals surface area contributed by atoms with E-state index >= 15 is 0 Å². The third-order valence-electron chi connectivity index (χ3n) is 3.64. The van der Waals surface area contributed by atoms with Crippen LogP contribution < -0.4 is 0 Å². The number of allylic oxidation sites excluding steroid dienone is 3. The molecule has 0 spiro atoms. The topological polar surface area (TPSA) is 93.1 Å². The summed E-state index contributed by atoms with van der Waals surface area (Å²) in [4.78, 5) is 25.8. The van der Waals surface area contributed by atoms with Crippen LogP contribution in [-0.2, 0) is 18.7 Å². The molecule has 27 heavy (non-hydrogen) atoms. The van der Waals surface area contributed by atoms with E-state index in [1.165, 1.54) is 12.8 Å². The molecular formula is C19H37NaO6Si. The maximum absolute atomic E-state index is 11.5. The van der Waals surface area contributed by atoms with Gasteiger partial charge in [-0.15, -0.1) is 0 Å². The van der Waals surface area contributed by atoms with Crippen molar-refractivity contribution >= 4 is 44.7 Å². The Hall–Kier alpha value is -0.473. The van der Waals surface area contributed by atoms with E-state index in [4.69, 9.17) is 23.5 Å². The zero-order valence-corrected chi connectivity index (χ0v) is 18.2. The van der Waals surface area contributed by atoms with Crippen LogP contribution in [0.1, 0.15) is 67.2 Å². The van der Waals surface area contributed by atoms with Crippen molar-refractivity contribution in [3.63, 3.8) is 0 Å². The van der Waals surface area contributed by atoms with Gasteiger partial charge in [0.15, 0.2) is 0 Å². The minimum atomic E-state index is -3.13. The van der Waals surface area contributed by atoms with E-state index in [0.717, 1.165) is 18.4 Å². The Kier molecular flexibility index (Phi) is 20.4. The first-order valence-electron chi connectivity index (χ1n) is 8.92. The summed E-state index contributed by atoms with van der Waals surface area (Å²) in [5.41, 5.74) is 0.907. The molecule has 1 unspecified atom stereocenters. The third-order valence-corrected chi connectivity index (χ3v) is 3.64. The molecule has 0 aliphatic rings. The van der Waals surface area contributed by atoms with E-state index in [2.05, 4.69) is 26.8 Å². The normalized spacial score (nSPS) is 12.8. The standard InChI is InChI=1S/C19H34O3.Na.H2O3Si.H/c1-15(2)22-18(20)14-17(4)11-8-10-16(3)12-9-13-19(5,6)21-7;;1-4(2)3;/h8,11,14-16H,9-10,12-13H2,1-7H3;;1-2H;/b11-8+,17-14+;;;. The van der Waals surface area contributed by atoms with E-state index in [0.29, 0.717) is 5.92 Å². The van der Waals surface area contributed by atoms with Crippen LogP contribution in [0.25, 0.3) is 0 Å². The predicted molar refractivity (Wildman–Crippen MR) is 111 cm³/mol. The fraction of sp³-hybridized carbons (Fsp3) is 0.737. The van der Waals surface area contributed by atoms with Crippen molar-refractivity contribution in [1.29, 1.82) is 0 Å². The van der Waals surface area contributed by atoms with Gasteiger partial charge in [-0.05, 0) is 59.0 Å². The summed E-state index contributed by atoms with van der Waals surface area (Å²) in [6.07, 6.45) is 10.1. The number of carbonyl (C=O) groups is 1. The van der Waals surface area contributed by atoms with Crippen LogP contribution in [0, 0.1) is 5.92 Å². The number of esters is 1. The Morgan fingerprint density at radius 2 is 1.74 bits per heavy atom. The SMILES string of the molecule is COC(C)(C)CCCC(C)C/C=C/C(C)=C/C(=O)OC(C)C.O=[Si](O)O.[NaH]. The Morgan fingerprint density at radius 1 is 1.22 bits per heavy atom. The molecule has 6 nitrogen and oxygen atoms in total. The van der Waals surface area contributed by atoms with Gasteiger partial charge in [0.2, 0.25) is 0 Å². The van der Waals surface area contributed by atoms with Gasteiger partial charge >= 0.3 is 44.7 Å². The van der Waals surface area contributed by atoms with Crippen LogP contribution in [-0.4, -0.2) is 73.1 Å². The summed E-state index contributed by atoms with van der Waals surface area (Å²) >= 11 is 0.